The highest BCUT2D eigenvalue weighted by Gasteiger charge is 2.53. The maximum atomic E-state index is 12.7. The predicted octanol–water partition coefficient (Wildman–Crippen LogP) is 2.86. The second-order valence-corrected chi connectivity index (χ2v) is 9.16. The lowest BCUT2D eigenvalue weighted by molar-refractivity contribution is -0.143. The smallest absolute Gasteiger partial charge is 0.223 e. The van der Waals surface area contributed by atoms with Crippen molar-refractivity contribution >= 4 is 11.8 Å². The fraction of sp³-hybridized carbons (Fsp3) is 0.727. The van der Waals surface area contributed by atoms with Gasteiger partial charge < -0.3 is 20.2 Å². The summed E-state index contributed by atoms with van der Waals surface area (Å²) < 4.78 is 5.27. The van der Waals surface area contributed by atoms with Crippen molar-refractivity contribution in [1.29, 1.82) is 0 Å². The number of amides is 2. The Labute approximate surface area is 167 Å². The third-order valence-electron chi connectivity index (χ3n) is 7.35. The molecular weight excluding hydrogens is 356 g/mol. The number of aliphatic hydroxyl groups excluding tert-OH is 1. The Balaban J connectivity index is 1.68. The van der Waals surface area contributed by atoms with Gasteiger partial charge in [0, 0.05) is 18.9 Å². The Morgan fingerprint density at radius 2 is 2.07 bits per heavy atom. The van der Waals surface area contributed by atoms with Crippen molar-refractivity contribution in [3.8, 4) is 0 Å². The SMILES string of the molecule is CC(=O)N[C@H]1CC[C@@]2(C)CC[C@@H]([C@H](C)C(=O)NCc3ccco3)[C@H](O)[C@H]2[C@H]1C. The van der Waals surface area contributed by atoms with E-state index in [1.807, 2.05) is 13.0 Å². The van der Waals surface area contributed by atoms with Gasteiger partial charge in [0.05, 0.1) is 18.9 Å². The molecule has 2 aliphatic carbocycles. The number of fused-ring (bicyclic) bond motifs is 1. The van der Waals surface area contributed by atoms with Gasteiger partial charge in [0.1, 0.15) is 5.76 Å². The first-order chi connectivity index (χ1) is 13.2. The highest BCUT2D eigenvalue weighted by molar-refractivity contribution is 5.78. The molecular formula is C22H34N2O4. The zero-order valence-electron chi connectivity index (χ0n) is 17.4. The molecule has 2 fully saturated rings. The number of hydrogen-bond acceptors (Lipinski definition) is 4. The largest absolute Gasteiger partial charge is 0.467 e. The van der Waals surface area contributed by atoms with Crippen LogP contribution >= 0.6 is 0 Å². The maximum Gasteiger partial charge on any atom is 0.223 e. The van der Waals surface area contributed by atoms with Crippen molar-refractivity contribution in [3.05, 3.63) is 24.2 Å². The van der Waals surface area contributed by atoms with Crippen molar-refractivity contribution in [2.45, 2.75) is 72.1 Å². The van der Waals surface area contributed by atoms with E-state index in [4.69, 9.17) is 4.42 Å². The average molecular weight is 391 g/mol. The van der Waals surface area contributed by atoms with Crippen molar-refractivity contribution in [2.24, 2.45) is 29.1 Å². The van der Waals surface area contributed by atoms with Crippen molar-refractivity contribution in [1.82, 2.24) is 10.6 Å². The molecule has 2 amide bonds. The van der Waals surface area contributed by atoms with E-state index in [2.05, 4.69) is 24.5 Å². The van der Waals surface area contributed by atoms with Crippen molar-refractivity contribution in [2.75, 3.05) is 0 Å². The number of hydrogen-bond donors (Lipinski definition) is 3. The molecule has 2 saturated carbocycles. The van der Waals surface area contributed by atoms with E-state index in [1.54, 1.807) is 19.3 Å². The van der Waals surface area contributed by atoms with Gasteiger partial charge >= 0.3 is 0 Å². The van der Waals surface area contributed by atoms with Crippen LogP contribution in [0.3, 0.4) is 0 Å². The number of aliphatic hydroxyl groups is 1. The van der Waals surface area contributed by atoms with Crippen LogP contribution in [0.2, 0.25) is 0 Å². The Kier molecular flexibility index (Phi) is 6.18. The first-order valence-electron chi connectivity index (χ1n) is 10.5. The quantitative estimate of drug-likeness (QED) is 0.721. The molecule has 0 radical (unpaired) electrons. The van der Waals surface area contributed by atoms with Crippen LogP contribution < -0.4 is 10.6 Å². The molecule has 156 valence electrons. The van der Waals surface area contributed by atoms with Crippen LogP contribution in [0.15, 0.2) is 22.8 Å². The normalized spacial score (nSPS) is 36.2. The lowest BCUT2D eigenvalue weighted by Gasteiger charge is -2.56. The number of carbonyl (C=O) groups excluding carboxylic acids is 2. The molecule has 6 nitrogen and oxygen atoms in total. The van der Waals surface area contributed by atoms with Gasteiger partial charge in [0.2, 0.25) is 11.8 Å². The van der Waals surface area contributed by atoms with E-state index < -0.39 is 6.10 Å². The standard InChI is InChI=1S/C22H34N2O4/c1-13(21(27)23-12-16-6-5-11-28-16)17-7-9-22(4)10-8-18(24-15(3)25)14(2)19(22)20(17)26/h5-6,11,13-14,17-20,26H,7-10,12H2,1-4H3,(H,23,27)(H,24,25)/t13-,14-,17-,18-,19+,20-,22+/m0/s1. The molecule has 0 bridgehead atoms. The summed E-state index contributed by atoms with van der Waals surface area (Å²) in [5.41, 5.74) is 0.0642. The van der Waals surface area contributed by atoms with Crippen LogP contribution in [0.25, 0.3) is 0 Å². The second-order valence-electron chi connectivity index (χ2n) is 9.16. The zero-order chi connectivity index (χ0) is 20.5. The minimum absolute atomic E-state index is 0.0204. The fourth-order valence-corrected chi connectivity index (χ4v) is 5.70. The summed E-state index contributed by atoms with van der Waals surface area (Å²) in [5.74, 6) is 0.558. The third-order valence-corrected chi connectivity index (χ3v) is 7.35. The molecule has 0 aliphatic heterocycles. The minimum atomic E-state index is -0.547. The molecule has 3 N–H and O–H groups in total. The summed E-state index contributed by atoms with van der Waals surface area (Å²) in [6.45, 7) is 8.22. The first kappa shape index (κ1) is 20.9. The van der Waals surface area contributed by atoms with Crippen LogP contribution in [0.4, 0.5) is 0 Å². The summed E-state index contributed by atoms with van der Waals surface area (Å²) in [6.07, 6.45) is 4.84. The predicted molar refractivity (Wildman–Crippen MR) is 106 cm³/mol. The van der Waals surface area contributed by atoms with Gasteiger partial charge in [0.25, 0.3) is 0 Å². The molecule has 1 aromatic heterocycles. The Morgan fingerprint density at radius 1 is 1.36 bits per heavy atom. The molecule has 2 aliphatic rings. The summed E-state index contributed by atoms with van der Waals surface area (Å²) >= 11 is 0. The van der Waals surface area contributed by atoms with Gasteiger partial charge in [0.15, 0.2) is 0 Å². The second kappa shape index (κ2) is 8.27. The van der Waals surface area contributed by atoms with E-state index in [0.717, 1.165) is 31.4 Å². The molecule has 1 aromatic rings. The van der Waals surface area contributed by atoms with Gasteiger partial charge in [-0.1, -0.05) is 20.8 Å². The summed E-state index contributed by atoms with van der Waals surface area (Å²) in [6, 6.07) is 3.72. The topological polar surface area (TPSA) is 91.6 Å². The molecule has 0 saturated heterocycles. The molecule has 6 heteroatoms. The van der Waals surface area contributed by atoms with Crippen LogP contribution in [0, 0.1) is 29.1 Å². The average Bonchev–Trinajstić information content (AvgIpc) is 3.15. The number of nitrogens with one attached hydrogen (secondary N) is 2. The minimum Gasteiger partial charge on any atom is -0.467 e. The van der Waals surface area contributed by atoms with Gasteiger partial charge in [-0.05, 0) is 61.0 Å². The first-order valence-corrected chi connectivity index (χ1v) is 10.5. The summed E-state index contributed by atoms with van der Waals surface area (Å²) in [5, 5.41) is 17.3. The lowest BCUT2D eigenvalue weighted by Crippen LogP contribution is -2.58. The van der Waals surface area contributed by atoms with E-state index in [-0.39, 0.29) is 46.9 Å². The number of furan rings is 1. The van der Waals surface area contributed by atoms with E-state index in [1.165, 1.54) is 0 Å². The van der Waals surface area contributed by atoms with E-state index >= 15 is 0 Å². The van der Waals surface area contributed by atoms with Gasteiger partial charge in [-0.15, -0.1) is 0 Å². The molecule has 28 heavy (non-hydrogen) atoms. The van der Waals surface area contributed by atoms with Crippen LogP contribution in [-0.4, -0.2) is 29.1 Å². The van der Waals surface area contributed by atoms with Crippen LogP contribution in [0.1, 0.15) is 59.1 Å². The van der Waals surface area contributed by atoms with Crippen molar-refractivity contribution < 1.29 is 19.1 Å². The molecule has 0 unspecified atom stereocenters. The summed E-state index contributed by atoms with van der Waals surface area (Å²) in [4.78, 5) is 24.3. The highest BCUT2D eigenvalue weighted by Crippen LogP contribution is 2.55. The third kappa shape index (κ3) is 4.12. The molecule has 7 atom stereocenters. The zero-order valence-corrected chi connectivity index (χ0v) is 17.4. The molecule has 0 aromatic carbocycles. The Hall–Kier alpha value is -1.82. The van der Waals surface area contributed by atoms with E-state index in [0.29, 0.717) is 6.54 Å². The van der Waals surface area contributed by atoms with Gasteiger partial charge in [-0.3, -0.25) is 9.59 Å². The van der Waals surface area contributed by atoms with Crippen LogP contribution in [0.5, 0.6) is 0 Å². The Morgan fingerprint density at radius 3 is 2.71 bits per heavy atom. The number of carbonyl (C=O) groups is 2. The van der Waals surface area contributed by atoms with Crippen molar-refractivity contribution in [3.63, 3.8) is 0 Å². The highest BCUT2D eigenvalue weighted by atomic mass is 16.3. The Bertz CT molecular complexity index is 689. The maximum absolute atomic E-state index is 12.7. The van der Waals surface area contributed by atoms with Gasteiger partial charge in [-0.2, -0.15) is 0 Å². The monoisotopic (exact) mass is 390 g/mol. The summed E-state index contributed by atoms with van der Waals surface area (Å²) in [7, 11) is 0. The molecule has 3 rings (SSSR count). The van der Waals surface area contributed by atoms with Gasteiger partial charge in [-0.25, -0.2) is 0 Å². The van der Waals surface area contributed by atoms with Crippen LogP contribution in [-0.2, 0) is 16.1 Å². The molecule has 1 heterocycles. The molecule has 0 spiro atoms. The lowest BCUT2D eigenvalue weighted by atomic mass is 9.51. The van der Waals surface area contributed by atoms with E-state index in [9.17, 15) is 14.7 Å². The number of rotatable bonds is 5. The fourth-order valence-electron chi connectivity index (χ4n) is 5.70.